The molecule has 1 heterocycles. The highest BCUT2D eigenvalue weighted by Gasteiger charge is 2.23. The molecule has 0 aliphatic heterocycles. The van der Waals surface area contributed by atoms with Crippen LogP contribution in [0.1, 0.15) is 95.3 Å². The highest BCUT2D eigenvalue weighted by atomic mass is 16.5. The minimum Gasteiger partial charge on any atom is -0.465 e. The Bertz CT molecular complexity index is 1080. The van der Waals surface area contributed by atoms with E-state index in [9.17, 15) is 14.4 Å². The predicted molar refractivity (Wildman–Crippen MR) is 132 cm³/mol. The van der Waals surface area contributed by atoms with E-state index in [4.69, 9.17) is 4.74 Å². The van der Waals surface area contributed by atoms with Gasteiger partial charge in [-0.25, -0.2) is 4.79 Å². The lowest BCUT2D eigenvalue weighted by Gasteiger charge is -2.26. The predicted octanol–water partition coefficient (Wildman–Crippen LogP) is 4.80. The molecule has 182 valence electrons. The summed E-state index contributed by atoms with van der Waals surface area (Å²) in [6.07, 6.45) is 12.4. The maximum Gasteiger partial charge on any atom is 0.338 e. The molecule has 0 saturated heterocycles. The Balaban J connectivity index is 1.62. The van der Waals surface area contributed by atoms with Gasteiger partial charge in [0, 0.05) is 18.8 Å². The monoisotopic (exact) mass is 464 g/mol. The van der Waals surface area contributed by atoms with E-state index in [0.717, 1.165) is 49.8 Å². The highest BCUT2D eigenvalue weighted by molar-refractivity contribution is 5.95. The number of nitrogens with one attached hydrogen (secondary N) is 1. The molecule has 6 nitrogen and oxygen atoms in total. The van der Waals surface area contributed by atoms with Crippen LogP contribution in [0.5, 0.6) is 0 Å². The van der Waals surface area contributed by atoms with Crippen molar-refractivity contribution in [1.29, 1.82) is 0 Å². The fourth-order valence-electron chi connectivity index (χ4n) is 5.47. The van der Waals surface area contributed by atoms with Gasteiger partial charge in [0.05, 0.1) is 12.7 Å². The maximum absolute atomic E-state index is 13.6. The summed E-state index contributed by atoms with van der Waals surface area (Å²) in [5, 5.41) is 2.88. The lowest BCUT2D eigenvalue weighted by Crippen LogP contribution is -2.37. The summed E-state index contributed by atoms with van der Waals surface area (Å²) in [6, 6.07) is 8.87. The van der Waals surface area contributed by atoms with Crippen LogP contribution in [0.25, 0.3) is 0 Å². The van der Waals surface area contributed by atoms with E-state index in [0.29, 0.717) is 23.6 Å². The average molecular weight is 465 g/mol. The molecular weight excluding hydrogens is 428 g/mol. The van der Waals surface area contributed by atoms with Crippen molar-refractivity contribution in [2.24, 2.45) is 5.92 Å². The second kappa shape index (κ2) is 11.5. The molecule has 0 atom stereocenters. The number of esters is 1. The highest BCUT2D eigenvalue weighted by Crippen LogP contribution is 2.27. The number of amides is 1. The zero-order chi connectivity index (χ0) is 23.9. The first-order valence-electron chi connectivity index (χ1n) is 12.8. The van der Waals surface area contributed by atoms with Gasteiger partial charge in [-0.2, -0.15) is 0 Å². The molecule has 1 fully saturated rings. The van der Waals surface area contributed by atoms with Crippen LogP contribution in [0.4, 0.5) is 0 Å². The van der Waals surface area contributed by atoms with Gasteiger partial charge in [0.25, 0.3) is 11.5 Å². The fourth-order valence-corrected chi connectivity index (χ4v) is 5.47. The van der Waals surface area contributed by atoms with Gasteiger partial charge >= 0.3 is 5.97 Å². The molecule has 2 aromatic rings. The SMILES string of the molecule is COC(=O)c1ccccc1CNC(=O)c1cc2c(n(CC3CCCCC3)c1=O)CCCCCC2. The van der Waals surface area contributed by atoms with E-state index in [1.165, 1.54) is 39.2 Å². The number of nitrogens with zero attached hydrogens (tertiary/aromatic N) is 1. The lowest BCUT2D eigenvalue weighted by atomic mass is 9.88. The summed E-state index contributed by atoms with van der Waals surface area (Å²) in [5.41, 5.74) is 3.40. The first-order valence-corrected chi connectivity index (χ1v) is 12.8. The van der Waals surface area contributed by atoms with Crippen molar-refractivity contribution in [1.82, 2.24) is 9.88 Å². The van der Waals surface area contributed by atoms with Crippen LogP contribution in [0.15, 0.2) is 35.1 Å². The third kappa shape index (κ3) is 5.60. The topological polar surface area (TPSA) is 77.4 Å². The Hall–Kier alpha value is -2.89. The largest absolute Gasteiger partial charge is 0.465 e. The molecule has 0 radical (unpaired) electrons. The van der Waals surface area contributed by atoms with E-state index < -0.39 is 5.97 Å². The molecule has 0 bridgehead atoms. The zero-order valence-corrected chi connectivity index (χ0v) is 20.2. The first kappa shape index (κ1) is 24.2. The van der Waals surface area contributed by atoms with Gasteiger partial charge in [0.15, 0.2) is 0 Å². The van der Waals surface area contributed by atoms with Crippen molar-refractivity contribution in [3.8, 4) is 0 Å². The molecule has 1 amide bonds. The second-order valence-electron chi connectivity index (χ2n) is 9.70. The van der Waals surface area contributed by atoms with Crippen molar-refractivity contribution in [2.75, 3.05) is 7.11 Å². The Morgan fingerprint density at radius 2 is 1.68 bits per heavy atom. The molecular formula is C28H36N2O4. The van der Waals surface area contributed by atoms with Crippen LogP contribution in [0.3, 0.4) is 0 Å². The van der Waals surface area contributed by atoms with Gasteiger partial charge in [0.1, 0.15) is 5.56 Å². The van der Waals surface area contributed by atoms with Gasteiger partial charge in [-0.15, -0.1) is 0 Å². The van der Waals surface area contributed by atoms with Crippen LogP contribution in [-0.4, -0.2) is 23.6 Å². The molecule has 6 heteroatoms. The Morgan fingerprint density at radius 3 is 2.44 bits per heavy atom. The number of ether oxygens (including phenoxy) is 1. The zero-order valence-electron chi connectivity index (χ0n) is 20.2. The maximum atomic E-state index is 13.6. The summed E-state index contributed by atoms with van der Waals surface area (Å²) >= 11 is 0. The number of aromatic nitrogens is 1. The molecule has 34 heavy (non-hydrogen) atoms. The number of carbonyl (C=O) groups excluding carboxylic acids is 2. The van der Waals surface area contributed by atoms with Crippen LogP contribution in [0.2, 0.25) is 0 Å². The first-order chi connectivity index (χ1) is 16.6. The molecule has 4 rings (SSSR count). The molecule has 1 aromatic carbocycles. The van der Waals surface area contributed by atoms with E-state index in [1.807, 2.05) is 16.7 Å². The number of carbonyl (C=O) groups is 2. The standard InChI is InChI=1S/C28H36N2O4/c1-34-28(33)23-15-10-9-14-22(23)18-29-26(31)24-17-21-13-7-2-3-8-16-25(21)30(27(24)32)19-20-11-5-4-6-12-20/h9-10,14-15,17,20H,2-8,11-13,16,18-19H2,1H3,(H,29,31). The number of fused-ring (bicyclic) bond motifs is 1. The number of aryl methyl sites for hydroxylation is 1. The Labute approximate surface area is 201 Å². The number of methoxy groups -OCH3 is 1. The molecule has 1 aromatic heterocycles. The number of hydrogen-bond donors (Lipinski definition) is 1. The molecule has 1 saturated carbocycles. The summed E-state index contributed by atoms with van der Waals surface area (Å²) in [7, 11) is 1.34. The summed E-state index contributed by atoms with van der Waals surface area (Å²) in [6.45, 7) is 0.872. The van der Waals surface area contributed by atoms with Gasteiger partial charge in [0.2, 0.25) is 0 Å². The lowest BCUT2D eigenvalue weighted by molar-refractivity contribution is 0.0598. The van der Waals surface area contributed by atoms with E-state index in [1.54, 1.807) is 18.2 Å². The number of rotatable bonds is 6. The van der Waals surface area contributed by atoms with Crippen molar-refractivity contribution in [2.45, 2.75) is 83.7 Å². The summed E-state index contributed by atoms with van der Waals surface area (Å²) in [4.78, 5) is 38.9. The minimum atomic E-state index is -0.444. The third-order valence-electron chi connectivity index (χ3n) is 7.37. The van der Waals surface area contributed by atoms with Crippen LogP contribution >= 0.6 is 0 Å². The fraction of sp³-hybridized carbons (Fsp3) is 0.536. The molecule has 1 N–H and O–H groups in total. The molecule has 2 aliphatic carbocycles. The van der Waals surface area contributed by atoms with E-state index in [2.05, 4.69) is 5.32 Å². The van der Waals surface area contributed by atoms with E-state index >= 15 is 0 Å². The average Bonchev–Trinajstić information content (AvgIpc) is 2.85. The number of benzene rings is 1. The van der Waals surface area contributed by atoms with Gasteiger partial charge in [-0.05, 0) is 67.7 Å². The number of hydrogen-bond acceptors (Lipinski definition) is 4. The summed E-state index contributed by atoms with van der Waals surface area (Å²) in [5.74, 6) is -0.320. The minimum absolute atomic E-state index is 0.156. The van der Waals surface area contributed by atoms with Crippen molar-refractivity contribution < 1.29 is 14.3 Å². The number of pyridine rings is 1. The van der Waals surface area contributed by atoms with Crippen molar-refractivity contribution >= 4 is 11.9 Å². The molecule has 0 unspecified atom stereocenters. The van der Waals surface area contributed by atoms with Crippen molar-refractivity contribution in [3.63, 3.8) is 0 Å². The smallest absolute Gasteiger partial charge is 0.338 e. The van der Waals surface area contributed by atoms with Crippen LogP contribution < -0.4 is 10.9 Å². The van der Waals surface area contributed by atoms with E-state index in [-0.39, 0.29) is 23.6 Å². The third-order valence-corrected chi connectivity index (χ3v) is 7.37. The van der Waals surface area contributed by atoms with Crippen LogP contribution in [-0.2, 0) is 30.7 Å². The summed E-state index contributed by atoms with van der Waals surface area (Å²) < 4.78 is 6.79. The Morgan fingerprint density at radius 1 is 0.971 bits per heavy atom. The normalized spacial score (nSPS) is 16.7. The van der Waals surface area contributed by atoms with Gasteiger partial charge < -0.3 is 14.6 Å². The van der Waals surface area contributed by atoms with Gasteiger partial charge in [-0.1, -0.05) is 50.3 Å². The van der Waals surface area contributed by atoms with Gasteiger partial charge in [-0.3, -0.25) is 9.59 Å². The molecule has 2 aliphatic rings. The second-order valence-corrected chi connectivity index (χ2v) is 9.70. The van der Waals surface area contributed by atoms with Crippen molar-refractivity contribution in [3.05, 3.63) is 68.6 Å². The molecule has 0 spiro atoms. The quantitative estimate of drug-likeness (QED) is 0.623. The Kier molecular flexibility index (Phi) is 8.20. The van der Waals surface area contributed by atoms with Crippen LogP contribution in [0, 0.1) is 5.92 Å².